The van der Waals surface area contributed by atoms with Gasteiger partial charge in [-0.2, -0.15) is 0 Å². The lowest BCUT2D eigenvalue weighted by Crippen LogP contribution is -2.60. The number of hydrogen-bond acceptors (Lipinski definition) is 7. The van der Waals surface area contributed by atoms with E-state index in [9.17, 15) is 9.90 Å². The number of rotatable bonds is 4. The van der Waals surface area contributed by atoms with Crippen molar-refractivity contribution in [2.24, 2.45) is 5.92 Å². The molecule has 3 aliphatic heterocycles. The molecule has 1 unspecified atom stereocenters. The molecule has 2 N–H and O–H groups in total. The molecule has 0 aliphatic carbocycles. The quantitative estimate of drug-likeness (QED) is 0.684. The van der Waals surface area contributed by atoms with Crippen LogP contribution in [0, 0.1) is 5.92 Å². The number of aromatic nitrogens is 1. The van der Waals surface area contributed by atoms with Crippen LogP contribution in [-0.4, -0.2) is 84.1 Å². The average molecular weight is 489 g/mol. The van der Waals surface area contributed by atoms with E-state index in [0.29, 0.717) is 37.1 Å². The summed E-state index contributed by atoms with van der Waals surface area (Å²) in [7, 11) is 0. The van der Waals surface area contributed by atoms with Gasteiger partial charge in [0.25, 0.3) is 0 Å². The van der Waals surface area contributed by atoms with Crippen molar-refractivity contribution in [3.63, 3.8) is 0 Å². The molecule has 184 valence electrons. The molecular formula is C25H33ClN4O4. The average Bonchev–Trinajstić information content (AvgIpc) is 3.34. The number of nitrogens with zero attached hydrogens (tertiary/aromatic N) is 3. The molecule has 9 heteroatoms. The SMILES string of the molecule is CC1(C)OCCC1C(=O)Nc1cc2cc(N3CCN([C@@]4(C)COC[C@H]4O)CC3)c(Cl)cc2cn1. The summed E-state index contributed by atoms with van der Waals surface area (Å²) in [5, 5.41) is 15.9. The molecular weight excluding hydrogens is 456 g/mol. The Hall–Kier alpha value is -1.97. The summed E-state index contributed by atoms with van der Waals surface area (Å²) >= 11 is 6.67. The summed E-state index contributed by atoms with van der Waals surface area (Å²) in [5.74, 6) is 0.264. The molecule has 3 fully saturated rings. The zero-order chi connectivity index (χ0) is 24.1. The minimum Gasteiger partial charge on any atom is -0.389 e. The van der Waals surface area contributed by atoms with Crippen molar-refractivity contribution in [2.75, 3.05) is 56.2 Å². The summed E-state index contributed by atoms with van der Waals surface area (Å²) in [6.45, 7) is 10.8. The second kappa shape index (κ2) is 8.91. The lowest BCUT2D eigenvalue weighted by Gasteiger charge is -2.45. The Morgan fingerprint density at radius 3 is 2.59 bits per heavy atom. The Morgan fingerprint density at radius 1 is 1.18 bits per heavy atom. The minimum atomic E-state index is -0.471. The third kappa shape index (κ3) is 4.27. The third-order valence-corrected chi connectivity index (χ3v) is 8.11. The summed E-state index contributed by atoms with van der Waals surface area (Å²) in [4.78, 5) is 21.9. The van der Waals surface area contributed by atoms with Crippen LogP contribution in [0.3, 0.4) is 0 Å². The van der Waals surface area contributed by atoms with E-state index < -0.39 is 11.7 Å². The number of amides is 1. The number of aliphatic hydroxyl groups excluding tert-OH is 1. The molecule has 3 aliphatic rings. The van der Waals surface area contributed by atoms with Gasteiger partial charge in [0.2, 0.25) is 5.91 Å². The molecule has 1 aromatic carbocycles. The van der Waals surface area contributed by atoms with Crippen LogP contribution in [0.25, 0.3) is 10.8 Å². The Morgan fingerprint density at radius 2 is 1.94 bits per heavy atom. The van der Waals surface area contributed by atoms with Gasteiger partial charge in [0.05, 0.1) is 47.1 Å². The van der Waals surface area contributed by atoms with Crippen molar-refractivity contribution >= 4 is 39.8 Å². The number of carbonyl (C=O) groups excluding carboxylic acids is 1. The van der Waals surface area contributed by atoms with Crippen molar-refractivity contribution < 1.29 is 19.4 Å². The first kappa shape index (κ1) is 23.8. The molecule has 5 rings (SSSR count). The zero-order valence-electron chi connectivity index (χ0n) is 20.0. The molecule has 2 aromatic rings. The molecule has 3 atom stereocenters. The van der Waals surface area contributed by atoms with E-state index in [1.54, 1.807) is 6.20 Å². The van der Waals surface area contributed by atoms with E-state index in [1.165, 1.54) is 0 Å². The highest BCUT2D eigenvalue weighted by Gasteiger charge is 2.45. The van der Waals surface area contributed by atoms with E-state index in [4.69, 9.17) is 21.1 Å². The smallest absolute Gasteiger partial charge is 0.231 e. The molecule has 0 radical (unpaired) electrons. The van der Waals surface area contributed by atoms with Gasteiger partial charge in [-0.05, 0) is 50.8 Å². The molecule has 1 amide bonds. The minimum absolute atomic E-state index is 0.0637. The third-order valence-electron chi connectivity index (χ3n) is 7.81. The fourth-order valence-corrected chi connectivity index (χ4v) is 5.72. The summed E-state index contributed by atoms with van der Waals surface area (Å²) in [5.41, 5.74) is 0.161. The Kier molecular flexibility index (Phi) is 6.23. The predicted molar refractivity (Wildman–Crippen MR) is 133 cm³/mol. The van der Waals surface area contributed by atoms with E-state index >= 15 is 0 Å². The summed E-state index contributed by atoms with van der Waals surface area (Å²) < 4.78 is 11.2. The highest BCUT2D eigenvalue weighted by molar-refractivity contribution is 6.34. The molecule has 34 heavy (non-hydrogen) atoms. The number of benzene rings is 1. The fraction of sp³-hybridized carbons (Fsp3) is 0.600. The topological polar surface area (TPSA) is 87.2 Å². The highest BCUT2D eigenvalue weighted by atomic mass is 35.5. The molecule has 8 nitrogen and oxygen atoms in total. The first-order valence-electron chi connectivity index (χ1n) is 12.0. The maximum absolute atomic E-state index is 12.8. The number of carbonyl (C=O) groups is 1. The number of piperazine rings is 1. The van der Waals surface area contributed by atoms with Gasteiger partial charge >= 0.3 is 0 Å². The van der Waals surface area contributed by atoms with Gasteiger partial charge in [-0.25, -0.2) is 4.98 Å². The van der Waals surface area contributed by atoms with Gasteiger partial charge in [0.1, 0.15) is 5.82 Å². The molecule has 0 saturated carbocycles. The van der Waals surface area contributed by atoms with Crippen LogP contribution in [0.2, 0.25) is 5.02 Å². The Labute approximate surface area is 205 Å². The number of nitrogens with one attached hydrogen (secondary N) is 1. The van der Waals surface area contributed by atoms with E-state index in [2.05, 4.69) is 33.1 Å². The maximum Gasteiger partial charge on any atom is 0.231 e. The summed E-state index contributed by atoms with van der Waals surface area (Å²) in [6, 6.07) is 5.91. The number of hydrogen-bond donors (Lipinski definition) is 2. The normalized spacial score (nSPS) is 29.6. The number of anilines is 2. The standard InChI is InChI=1S/C25H33ClN4O4/c1-24(2)18(4-9-34-24)23(32)28-22-12-16-11-20(19(26)10-17(16)13-27-22)29-5-7-30(8-6-29)25(3)15-33-14-21(25)31/h10-13,18,21,31H,4-9,14-15H2,1-3H3,(H,27,28,32)/t18?,21-,25+/m1/s1. The maximum atomic E-state index is 12.8. The van der Waals surface area contributed by atoms with Gasteiger partial charge in [0, 0.05) is 44.4 Å². The Bertz CT molecular complexity index is 1090. The second-order valence-corrected chi connectivity index (χ2v) is 10.8. The molecule has 3 saturated heterocycles. The Balaban J connectivity index is 1.32. The predicted octanol–water partition coefficient (Wildman–Crippen LogP) is 2.91. The lowest BCUT2D eigenvalue weighted by molar-refractivity contribution is -0.124. The molecule has 0 bridgehead atoms. The van der Waals surface area contributed by atoms with Crippen LogP contribution in [0.15, 0.2) is 24.4 Å². The van der Waals surface area contributed by atoms with Crippen molar-refractivity contribution in [1.29, 1.82) is 0 Å². The van der Waals surface area contributed by atoms with Crippen LogP contribution < -0.4 is 10.2 Å². The van der Waals surface area contributed by atoms with Gasteiger partial charge in [-0.1, -0.05) is 11.6 Å². The van der Waals surface area contributed by atoms with E-state index in [1.807, 2.05) is 26.0 Å². The second-order valence-electron chi connectivity index (χ2n) is 10.4. The fourth-order valence-electron chi connectivity index (χ4n) is 5.43. The number of ether oxygens (including phenoxy) is 2. The molecule has 1 aromatic heterocycles. The lowest BCUT2D eigenvalue weighted by atomic mass is 9.90. The number of fused-ring (bicyclic) bond motifs is 1. The number of aliphatic hydroxyl groups is 1. The first-order valence-corrected chi connectivity index (χ1v) is 12.4. The molecule has 0 spiro atoms. The monoisotopic (exact) mass is 488 g/mol. The largest absolute Gasteiger partial charge is 0.389 e. The highest BCUT2D eigenvalue weighted by Crippen LogP contribution is 2.35. The number of halogens is 1. The van der Waals surface area contributed by atoms with Crippen molar-refractivity contribution in [3.8, 4) is 0 Å². The van der Waals surface area contributed by atoms with Gasteiger partial charge in [0.15, 0.2) is 0 Å². The van der Waals surface area contributed by atoms with Crippen LogP contribution in [0.5, 0.6) is 0 Å². The summed E-state index contributed by atoms with van der Waals surface area (Å²) in [6.07, 6.45) is 1.99. The van der Waals surface area contributed by atoms with Gasteiger partial charge < -0.3 is 24.8 Å². The van der Waals surface area contributed by atoms with E-state index in [0.717, 1.165) is 42.6 Å². The van der Waals surface area contributed by atoms with Crippen molar-refractivity contribution in [1.82, 2.24) is 9.88 Å². The zero-order valence-corrected chi connectivity index (χ0v) is 20.8. The van der Waals surface area contributed by atoms with Crippen LogP contribution in [-0.2, 0) is 14.3 Å². The number of pyridine rings is 1. The van der Waals surface area contributed by atoms with Crippen LogP contribution in [0.4, 0.5) is 11.5 Å². The van der Waals surface area contributed by atoms with Crippen LogP contribution in [0.1, 0.15) is 27.2 Å². The first-order chi connectivity index (χ1) is 16.2. The van der Waals surface area contributed by atoms with Crippen LogP contribution >= 0.6 is 11.6 Å². The van der Waals surface area contributed by atoms with Crippen molar-refractivity contribution in [2.45, 2.75) is 44.4 Å². The van der Waals surface area contributed by atoms with Gasteiger partial charge in [-0.15, -0.1) is 0 Å². The van der Waals surface area contributed by atoms with E-state index in [-0.39, 0.29) is 17.4 Å². The van der Waals surface area contributed by atoms with Gasteiger partial charge in [-0.3, -0.25) is 9.69 Å². The van der Waals surface area contributed by atoms with Crippen molar-refractivity contribution in [3.05, 3.63) is 29.4 Å². The molecule has 4 heterocycles.